The zero-order valence-electron chi connectivity index (χ0n) is 13.9. The second-order valence-corrected chi connectivity index (χ2v) is 5.96. The van der Waals surface area contributed by atoms with Crippen LogP contribution < -0.4 is 0 Å². The van der Waals surface area contributed by atoms with Crippen molar-refractivity contribution in [1.29, 1.82) is 0 Å². The molecular weight excluding hydrogens is 286 g/mol. The van der Waals surface area contributed by atoms with Crippen molar-refractivity contribution in [3.8, 4) is 0 Å². The molecule has 2 rings (SSSR count). The minimum absolute atomic E-state index is 0.299. The molecular formula is C20H25NO2. The molecule has 0 spiro atoms. The van der Waals surface area contributed by atoms with E-state index in [-0.39, 0.29) is 6.10 Å². The highest BCUT2D eigenvalue weighted by Crippen LogP contribution is 2.12. The first-order chi connectivity index (χ1) is 11.1. The molecule has 3 nitrogen and oxygen atoms in total. The summed E-state index contributed by atoms with van der Waals surface area (Å²) in [7, 11) is 0. The van der Waals surface area contributed by atoms with Crippen LogP contribution in [0.4, 0.5) is 0 Å². The highest BCUT2D eigenvalue weighted by atomic mass is 16.5. The summed E-state index contributed by atoms with van der Waals surface area (Å²) in [5.74, 6) is 0. The Morgan fingerprint density at radius 3 is 2.65 bits per heavy atom. The van der Waals surface area contributed by atoms with E-state index in [4.69, 9.17) is 4.74 Å². The van der Waals surface area contributed by atoms with Gasteiger partial charge in [-0.2, -0.15) is 0 Å². The Hall–Kier alpha value is -1.97. The van der Waals surface area contributed by atoms with Crippen LogP contribution in [-0.4, -0.2) is 29.4 Å². The van der Waals surface area contributed by atoms with Crippen molar-refractivity contribution in [2.24, 2.45) is 0 Å². The van der Waals surface area contributed by atoms with Crippen molar-refractivity contribution in [2.45, 2.75) is 32.8 Å². The molecule has 122 valence electrons. The molecule has 1 heterocycles. The zero-order valence-corrected chi connectivity index (χ0v) is 13.9. The maximum absolute atomic E-state index is 9.19. The molecule has 1 unspecified atom stereocenters. The highest BCUT2D eigenvalue weighted by molar-refractivity contribution is 5.53. The van der Waals surface area contributed by atoms with Crippen molar-refractivity contribution in [2.75, 3.05) is 13.2 Å². The first-order valence-corrected chi connectivity index (χ1v) is 8.04. The van der Waals surface area contributed by atoms with E-state index in [9.17, 15) is 5.11 Å². The quantitative estimate of drug-likeness (QED) is 0.753. The van der Waals surface area contributed by atoms with E-state index in [1.807, 2.05) is 12.3 Å². The number of ether oxygens (including phenoxy) is 1. The second kappa shape index (κ2) is 9.23. The Morgan fingerprint density at radius 2 is 2.00 bits per heavy atom. The number of hydrogen-bond donors (Lipinski definition) is 1. The van der Waals surface area contributed by atoms with Crippen molar-refractivity contribution < 1.29 is 9.84 Å². The fourth-order valence-electron chi connectivity index (χ4n) is 2.28. The number of aromatic nitrogens is 1. The molecule has 1 aromatic heterocycles. The summed E-state index contributed by atoms with van der Waals surface area (Å²) in [4.78, 5) is 4.15. The topological polar surface area (TPSA) is 42.4 Å². The summed E-state index contributed by atoms with van der Waals surface area (Å²) >= 11 is 0. The minimum atomic E-state index is -0.299. The van der Waals surface area contributed by atoms with Crippen LogP contribution in [-0.2, 0) is 11.2 Å². The number of nitrogens with zero attached hydrogens (tertiary/aromatic N) is 1. The average molecular weight is 311 g/mol. The maximum Gasteiger partial charge on any atom is 0.0677 e. The first-order valence-electron chi connectivity index (χ1n) is 8.04. The Morgan fingerprint density at radius 1 is 1.22 bits per heavy atom. The predicted molar refractivity (Wildman–Crippen MR) is 94.3 cm³/mol. The van der Waals surface area contributed by atoms with Crippen LogP contribution >= 0.6 is 0 Å². The van der Waals surface area contributed by atoms with E-state index in [1.165, 1.54) is 22.3 Å². The van der Waals surface area contributed by atoms with Crippen LogP contribution in [0.5, 0.6) is 0 Å². The zero-order chi connectivity index (χ0) is 16.5. The fourth-order valence-corrected chi connectivity index (χ4v) is 2.28. The van der Waals surface area contributed by atoms with Gasteiger partial charge in [-0.3, -0.25) is 4.98 Å². The summed E-state index contributed by atoms with van der Waals surface area (Å²) in [5.41, 5.74) is 4.85. The summed E-state index contributed by atoms with van der Waals surface area (Å²) in [6, 6.07) is 12.6. The number of benzene rings is 1. The van der Waals surface area contributed by atoms with Gasteiger partial charge in [-0.15, -0.1) is 0 Å². The van der Waals surface area contributed by atoms with Crippen LogP contribution in [0.2, 0.25) is 0 Å². The van der Waals surface area contributed by atoms with Crippen molar-refractivity contribution in [1.82, 2.24) is 4.98 Å². The van der Waals surface area contributed by atoms with Crippen LogP contribution in [0.15, 0.2) is 54.4 Å². The third-order valence-corrected chi connectivity index (χ3v) is 3.53. The molecule has 0 aliphatic carbocycles. The molecule has 2 aromatic rings. The molecule has 1 N–H and O–H groups in total. The SMILES string of the molecule is CC(=Cc1ccc(Cc2cccnc2)cc1)COCCC(C)O. The Kier molecular flexibility index (Phi) is 6.98. The molecule has 0 bridgehead atoms. The molecule has 0 amide bonds. The number of pyridine rings is 1. The molecule has 0 fully saturated rings. The van der Waals surface area contributed by atoms with E-state index < -0.39 is 0 Å². The molecule has 1 atom stereocenters. The molecule has 0 aliphatic rings. The lowest BCUT2D eigenvalue weighted by molar-refractivity contribution is 0.102. The van der Waals surface area contributed by atoms with Gasteiger partial charge < -0.3 is 9.84 Å². The summed E-state index contributed by atoms with van der Waals surface area (Å²) in [6.45, 7) is 5.03. The van der Waals surface area contributed by atoms with E-state index >= 15 is 0 Å². The van der Waals surface area contributed by atoms with Crippen molar-refractivity contribution >= 4 is 6.08 Å². The standard InChI is InChI=1S/C20H25NO2/c1-16(15-23-11-9-17(2)22)12-18-5-7-19(8-6-18)13-20-4-3-10-21-14-20/h3-8,10,12,14,17,22H,9,11,13,15H2,1-2H3. The smallest absolute Gasteiger partial charge is 0.0677 e. The van der Waals surface area contributed by atoms with Crippen LogP contribution in [0.3, 0.4) is 0 Å². The van der Waals surface area contributed by atoms with Gasteiger partial charge in [-0.05, 0) is 55.0 Å². The number of aliphatic hydroxyl groups excluding tert-OH is 1. The monoisotopic (exact) mass is 311 g/mol. The Balaban J connectivity index is 1.85. The predicted octanol–water partition coefficient (Wildman–Crippen LogP) is 3.86. The van der Waals surface area contributed by atoms with Crippen molar-refractivity contribution in [3.05, 3.63) is 71.1 Å². The van der Waals surface area contributed by atoms with Gasteiger partial charge in [0.15, 0.2) is 0 Å². The molecule has 3 heteroatoms. The largest absolute Gasteiger partial charge is 0.393 e. The van der Waals surface area contributed by atoms with Gasteiger partial charge in [-0.1, -0.05) is 36.4 Å². The summed E-state index contributed by atoms with van der Waals surface area (Å²) < 4.78 is 5.55. The molecule has 0 aliphatic heterocycles. The molecule has 0 radical (unpaired) electrons. The van der Waals surface area contributed by atoms with E-state index in [2.05, 4.69) is 48.3 Å². The van der Waals surface area contributed by atoms with Crippen molar-refractivity contribution in [3.63, 3.8) is 0 Å². The Bertz CT molecular complexity index is 603. The van der Waals surface area contributed by atoms with Gasteiger partial charge in [0.05, 0.1) is 12.7 Å². The molecule has 23 heavy (non-hydrogen) atoms. The molecule has 1 aromatic carbocycles. The third kappa shape index (κ3) is 6.76. The number of hydrogen-bond acceptors (Lipinski definition) is 3. The summed E-state index contributed by atoms with van der Waals surface area (Å²) in [5, 5.41) is 9.19. The lowest BCUT2D eigenvalue weighted by atomic mass is 10.0. The second-order valence-electron chi connectivity index (χ2n) is 5.96. The lowest BCUT2D eigenvalue weighted by Gasteiger charge is -2.07. The van der Waals surface area contributed by atoms with Crippen LogP contribution in [0.1, 0.15) is 37.0 Å². The van der Waals surface area contributed by atoms with E-state index in [0.29, 0.717) is 19.6 Å². The van der Waals surface area contributed by atoms with Gasteiger partial charge >= 0.3 is 0 Å². The highest BCUT2D eigenvalue weighted by Gasteiger charge is 1.98. The Labute approximate surface area is 138 Å². The first kappa shape index (κ1) is 17.4. The molecule has 0 saturated heterocycles. The van der Waals surface area contributed by atoms with Gasteiger partial charge in [0.25, 0.3) is 0 Å². The van der Waals surface area contributed by atoms with Gasteiger partial charge in [0, 0.05) is 19.0 Å². The summed E-state index contributed by atoms with van der Waals surface area (Å²) in [6.07, 6.45) is 7.12. The fraction of sp³-hybridized carbons (Fsp3) is 0.350. The number of aliphatic hydroxyl groups is 1. The average Bonchev–Trinajstić information content (AvgIpc) is 2.54. The lowest BCUT2D eigenvalue weighted by Crippen LogP contribution is -2.06. The van der Waals surface area contributed by atoms with Gasteiger partial charge in [0.2, 0.25) is 0 Å². The maximum atomic E-state index is 9.19. The third-order valence-electron chi connectivity index (χ3n) is 3.53. The van der Waals surface area contributed by atoms with Crippen LogP contribution in [0, 0.1) is 0 Å². The normalized spacial score (nSPS) is 13.1. The number of rotatable bonds is 8. The minimum Gasteiger partial charge on any atom is -0.393 e. The van der Waals surface area contributed by atoms with E-state index in [0.717, 1.165) is 6.42 Å². The van der Waals surface area contributed by atoms with Crippen LogP contribution in [0.25, 0.3) is 6.08 Å². The molecule has 0 saturated carbocycles. The van der Waals surface area contributed by atoms with Gasteiger partial charge in [-0.25, -0.2) is 0 Å². The van der Waals surface area contributed by atoms with E-state index in [1.54, 1.807) is 13.1 Å². The van der Waals surface area contributed by atoms with Gasteiger partial charge in [0.1, 0.15) is 0 Å².